The van der Waals surface area contributed by atoms with Crippen molar-refractivity contribution in [3.63, 3.8) is 0 Å². The van der Waals surface area contributed by atoms with Crippen LogP contribution < -0.4 is 0 Å². The predicted molar refractivity (Wildman–Crippen MR) is 66.1 cm³/mol. The van der Waals surface area contributed by atoms with E-state index in [9.17, 15) is 0 Å². The van der Waals surface area contributed by atoms with E-state index in [1.807, 2.05) is 0 Å². The summed E-state index contributed by atoms with van der Waals surface area (Å²) in [4.78, 5) is 1.05. The summed E-state index contributed by atoms with van der Waals surface area (Å²) in [7, 11) is 0. The molecule has 0 heterocycles. The quantitative estimate of drug-likeness (QED) is 0.612. The van der Waals surface area contributed by atoms with Crippen LogP contribution in [0, 0.1) is 0 Å². The Morgan fingerprint density at radius 3 is 1.62 bits per heavy atom. The number of hydrogen-bond donors (Lipinski definition) is 0. The van der Waals surface area contributed by atoms with Crippen molar-refractivity contribution in [2.45, 2.75) is 49.2 Å². The van der Waals surface area contributed by atoms with Crippen molar-refractivity contribution in [3.8, 4) is 0 Å². The Hall–Kier alpha value is 0.920. The highest BCUT2D eigenvalue weighted by Crippen LogP contribution is 2.11. The van der Waals surface area contributed by atoms with Crippen molar-refractivity contribution in [2.75, 3.05) is 13.2 Å². The topological polar surface area (TPSA) is 9.23 Å². The van der Waals surface area contributed by atoms with Crippen molar-refractivity contribution in [3.05, 3.63) is 0 Å². The molecule has 0 aliphatic rings. The molecule has 0 saturated carbocycles. The van der Waals surface area contributed by atoms with Gasteiger partial charge in [-0.3, -0.25) is 0 Å². The molecule has 1 nitrogen and oxygen atoms in total. The number of rotatable bonds is 8. The first-order valence-electron chi connectivity index (χ1n) is 5.06. The van der Waals surface area contributed by atoms with Crippen molar-refractivity contribution in [1.82, 2.24) is 0 Å². The maximum absolute atomic E-state index is 5.57. The lowest BCUT2D eigenvalue weighted by Crippen LogP contribution is -2.14. The summed E-state index contributed by atoms with van der Waals surface area (Å²) in [5, 5.41) is 0. The number of hydrogen-bond acceptors (Lipinski definition) is 1. The Labute approximate surface area is 98.9 Å². The molecule has 0 aromatic heterocycles. The van der Waals surface area contributed by atoms with E-state index in [1.54, 1.807) is 0 Å². The second kappa shape index (κ2) is 9.47. The van der Waals surface area contributed by atoms with E-state index in [1.165, 1.54) is 25.7 Å². The van der Waals surface area contributed by atoms with Crippen LogP contribution in [-0.2, 0) is 4.74 Å². The fourth-order valence-corrected chi connectivity index (χ4v) is 2.41. The second-order valence-corrected chi connectivity index (χ2v) is 5.90. The normalized spacial score (nSPS) is 15.7. The fourth-order valence-electron chi connectivity index (χ4n) is 1.12. The van der Waals surface area contributed by atoms with E-state index in [-0.39, 0.29) is 0 Å². The smallest absolute Gasteiger partial charge is 0.0591 e. The molecule has 0 bridgehead atoms. The predicted octanol–water partition coefficient (Wildman–Crippen LogP) is 4.13. The molecule has 0 spiro atoms. The van der Waals surface area contributed by atoms with Crippen LogP contribution in [0.1, 0.15) is 39.5 Å². The Bertz CT molecular complexity index is 97.1. The van der Waals surface area contributed by atoms with E-state index in [4.69, 9.17) is 4.74 Å². The van der Waals surface area contributed by atoms with Gasteiger partial charge in [-0.05, 0) is 12.8 Å². The lowest BCUT2D eigenvalue weighted by atomic mass is 10.2. The minimum Gasteiger partial charge on any atom is -0.379 e. The van der Waals surface area contributed by atoms with Crippen molar-refractivity contribution in [2.24, 2.45) is 0 Å². The highest BCUT2D eigenvalue weighted by atomic mass is 79.9. The van der Waals surface area contributed by atoms with Crippen LogP contribution in [-0.4, -0.2) is 22.9 Å². The molecule has 0 aromatic carbocycles. The van der Waals surface area contributed by atoms with E-state index in [2.05, 4.69) is 45.7 Å². The van der Waals surface area contributed by atoms with Gasteiger partial charge in [0.25, 0.3) is 0 Å². The minimum absolute atomic E-state index is 0.527. The van der Waals surface area contributed by atoms with Crippen LogP contribution in [0.3, 0.4) is 0 Å². The summed E-state index contributed by atoms with van der Waals surface area (Å²) in [5.74, 6) is 0. The minimum atomic E-state index is 0.527. The van der Waals surface area contributed by atoms with Gasteiger partial charge in [-0.25, -0.2) is 0 Å². The van der Waals surface area contributed by atoms with Crippen molar-refractivity contribution >= 4 is 31.9 Å². The van der Waals surface area contributed by atoms with Gasteiger partial charge in [-0.1, -0.05) is 58.5 Å². The number of halogens is 2. The zero-order valence-electron chi connectivity index (χ0n) is 8.56. The van der Waals surface area contributed by atoms with Crippen molar-refractivity contribution in [1.29, 1.82) is 0 Å². The Balaban J connectivity index is 3.23. The van der Waals surface area contributed by atoms with E-state index in [0.29, 0.717) is 9.65 Å². The molecule has 0 aliphatic carbocycles. The molecule has 13 heavy (non-hydrogen) atoms. The first-order valence-corrected chi connectivity index (χ1v) is 6.89. The van der Waals surface area contributed by atoms with Gasteiger partial charge in [-0.15, -0.1) is 0 Å². The van der Waals surface area contributed by atoms with Crippen LogP contribution in [0.4, 0.5) is 0 Å². The maximum Gasteiger partial charge on any atom is 0.0591 e. The highest BCUT2D eigenvalue weighted by molar-refractivity contribution is 9.09. The molecule has 0 rings (SSSR count). The molecule has 2 unspecified atom stereocenters. The van der Waals surface area contributed by atoms with Gasteiger partial charge >= 0.3 is 0 Å². The first-order chi connectivity index (χ1) is 6.20. The Morgan fingerprint density at radius 1 is 0.923 bits per heavy atom. The average molecular weight is 316 g/mol. The van der Waals surface area contributed by atoms with Crippen LogP contribution in [0.2, 0.25) is 0 Å². The second-order valence-electron chi connectivity index (χ2n) is 3.31. The van der Waals surface area contributed by atoms with Gasteiger partial charge in [0, 0.05) is 9.65 Å². The summed E-state index contributed by atoms with van der Waals surface area (Å²) in [6, 6.07) is 0. The lowest BCUT2D eigenvalue weighted by molar-refractivity contribution is 0.135. The van der Waals surface area contributed by atoms with Crippen molar-refractivity contribution < 1.29 is 4.74 Å². The third kappa shape index (κ3) is 9.23. The molecule has 2 atom stereocenters. The Morgan fingerprint density at radius 2 is 1.31 bits per heavy atom. The van der Waals surface area contributed by atoms with E-state index in [0.717, 1.165) is 13.2 Å². The lowest BCUT2D eigenvalue weighted by Gasteiger charge is -2.12. The molecule has 80 valence electrons. The van der Waals surface area contributed by atoms with Gasteiger partial charge in [0.15, 0.2) is 0 Å². The summed E-state index contributed by atoms with van der Waals surface area (Å²) >= 11 is 7.17. The average Bonchev–Trinajstić information content (AvgIpc) is 2.05. The Kier molecular flexibility index (Phi) is 10.1. The molecule has 0 amide bonds. The van der Waals surface area contributed by atoms with E-state index < -0.39 is 0 Å². The third-order valence-electron chi connectivity index (χ3n) is 1.80. The standard InChI is InChI=1S/C10H20Br2O/c1-3-5-9(11)7-13-8-10(12)6-4-2/h9-10H,3-8H2,1-2H3. The molecule has 3 heteroatoms. The van der Waals surface area contributed by atoms with Gasteiger partial charge in [0.1, 0.15) is 0 Å². The summed E-state index contributed by atoms with van der Waals surface area (Å²) in [6.45, 7) is 6.05. The van der Waals surface area contributed by atoms with Crippen LogP contribution >= 0.6 is 31.9 Å². The van der Waals surface area contributed by atoms with Gasteiger partial charge in [0.05, 0.1) is 13.2 Å². The van der Waals surface area contributed by atoms with E-state index >= 15 is 0 Å². The SMILES string of the molecule is CCCC(Br)COCC(Br)CCC. The van der Waals surface area contributed by atoms with Crippen LogP contribution in [0.5, 0.6) is 0 Å². The van der Waals surface area contributed by atoms with Crippen LogP contribution in [0.15, 0.2) is 0 Å². The molecular formula is C10H20Br2O. The van der Waals surface area contributed by atoms with Gasteiger partial charge in [-0.2, -0.15) is 0 Å². The maximum atomic E-state index is 5.57. The summed E-state index contributed by atoms with van der Waals surface area (Å²) in [5.41, 5.74) is 0. The summed E-state index contributed by atoms with van der Waals surface area (Å²) < 4.78 is 5.57. The zero-order valence-corrected chi connectivity index (χ0v) is 11.7. The number of ether oxygens (including phenoxy) is 1. The molecule has 0 radical (unpaired) electrons. The molecular weight excluding hydrogens is 296 g/mol. The monoisotopic (exact) mass is 314 g/mol. The fraction of sp³-hybridized carbons (Fsp3) is 1.00. The third-order valence-corrected chi connectivity index (χ3v) is 3.25. The largest absolute Gasteiger partial charge is 0.379 e. The summed E-state index contributed by atoms with van der Waals surface area (Å²) in [6.07, 6.45) is 4.82. The first kappa shape index (κ1) is 13.9. The molecule has 0 N–H and O–H groups in total. The zero-order chi connectivity index (χ0) is 10.1. The highest BCUT2D eigenvalue weighted by Gasteiger charge is 2.05. The van der Waals surface area contributed by atoms with Gasteiger partial charge < -0.3 is 4.74 Å². The van der Waals surface area contributed by atoms with Crippen LogP contribution in [0.25, 0.3) is 0 Å². The molecule has 0 aliphatic heterocycles. The number of alkyl halides is 2. The molecule has 0 saturated heterocycles. The molecule has 0 fully saturated rings. The van der Waals surface area contributed by atoms with Gasteiger partial charge in [0.2, 0.25) is 0 Å². The molecule has 0 aromatic rings.